The lowest BCUT2D eigenvalue weighted by Gasteiger charge is -2.14. The van der Waals surface area contributed by atoms with Gasteiger partial charge in [-0.1, -0.05) is 13.3 Å². The molecule has 1 aromatic carbocycles. The summed E-state index contributed by atoms with van der Waals surface area (Å²) >= 11 is 0. The zero-order valence-corrected chi connectivity index (χ0v) is 11.2. The van der Waals surface area contributed by atoms with Gasteiger partial charge in [-0.25, -0.2) is 4.79 Å². The molecule has 3 N–H and O–H groups in total. The van der Waals surface area contributed by atoms with Crippen molar-refractivity contribution in [2.24, 2.45) is 5.92 Å². The summed E-state index contributed by atoms with van der Waals surface area (Å²) in [5.41, 5.74) is 1.09. The number of amides is 2. The number of hydrogen-bond acceptors (Lipinski definition) is 3. The molecule has 1 aromatic rings. The minimum Gasteiger partial charge on any atom is -0.481 e. The van der Waals surface area contributed by atoms with Crippen LogP contribution >= 0.6 is 0 Å². The minimum absolute atomic E-state index is 0.0354. The average molecular weight is 275 g/mol. The van der Waals surface area contributed by atoms with E-state index in [0.29, 0.717) is 24.2 Å². The Morgan fingerprint density at radius 2 is 2.00 bits per heavy atom. The molecule has 1 atom stereocenters. The smallest absolute Gasteiger partial charge is 0.319 e. The van der Waals surface area contributed by atoms with Crippen LogP contribution in [0, 0.1) is 17.2 Å². The first kappa shape index (κ1) is 15.5. The Morgan fingerprint density at radius 1 is 1.35 bits per heavy atom. The van der Waals surface area contributed by atoms with Crippen molar-refractivity contribution in [3.63, 3.8) is 0 Å². The summed E-state index contributed by atoms with van der Waals surface area (Å²) in [5.74, 6) is -0.953. The van der Waals surface area contributed by atoms with Crippen LogP contribution in [0.1, 0.15) is 25.3 Å². The fourth-order valence-electron chi connectivity index (χ4n) is 1.65. The van der Waals surface area contributed by atoms with E-state index < -0.39 is 12.0 Å². The van der Waals surface area contributed by atoms with Gasteiger partial charge < -0.3 is 15.7 Å². The number of nitriles is 1. The predicted molar refractivity (Wildman–Crippen MR) is 74.2 cm³/mol. The van der Waals surface area contributed by atoms with Crippen molar-refractivity contribution in [3.8, 4) is 6.07 Å². The van der Waals surface area contributed by atoms with Crippen LogP contribution in [0.25, 0.3) is 0 Å². The number of carboxylic acid groups (broad SMARTS) is 1. The molecule has 0 fully saturated rings. The number of hydrogen-bond donors (Lipinski definition) is 3. The summed E-state index contributed by atoms with van der Waals surface area (Å²) in [6, 6.07) is 8.07. The molecule has 0 heterocycles. The van der Waals surface area contributed by atoms with E-state index in [0.717, 1.165) is 0 Å². The van der Waals surface area contributed by atoms with Gasteiger partial charge in [-0.2, -0.15) is 5.26 Å². The van der Waals surface area contributed by atoms with Crippen LogP contribution in [0.15, 0.2) is 24.3 Å². The van der Waals surface area contributed by atoms with Crippen LogP contribution in [-0.4, -0.2) is 23.7 Å². The van der Waals surface area contributed by atoms with Gasteiger partial charge in [-0.05, 0) is 30.2 Å². The van der Waals surface area contributed by atoms with E-state index in [1.54, 1.807) is 24.3 Å². The SMILES string of the molecule is CCC(CNC(=O)Nc1ccc(C#N)cc1)CC(=O)O. The molecule has 0 aliphatic heterocycles. The van der Waals surface area contributed by atoms with Crippen molar-refractivity contribution < 1.29 is 14.7 Å². The molecule has 1 rings (SSSR count). The van der Waals surface area contributed by atoms with Crippen molar-refractivity contribution in [1.82, 2.24) is 5.32 Å². The second kappa shape index (κ2) is 7.79. The normalized spacial score (nSPS) is 11.2. The van der Waals surface area contributed by atoms with Crippen LogP contribution in [0.4, 0.5) is 10.5 Å². The summed E-state index contributed by atoms with van der Waals surface area (Å²) in [5, 5.41) is 22.6. The van der Waals surface area contributed by atoms with Crippen molar-refractivity contribution in [1.29, 1.82) is 5.26 Å². The Labute approximate surface area is 117 Å². The fourth-order valence-corrected chi connectivity index (χ4v) is 1.65. The number of nitrogens with zero attached hydrogens (tertiary/aromatic N) is 1. The van der Waals surface area contributed by atoms with Gasteiger partial charge in [0.2, 0.25) is 0 Å². The van der Waals surface area contributed by atoms with Crippen LogP contribution in [0.2, 0.25) is 0 Å². The molecule has 1 unspecified atom stereocenters. The predicted octanol–water partition coefficient (Wildman–Crippen LogP) is 2.18. The summed E-state index contributed by atoms with van der Waals surface area (Å²) in [4.78, 5) is 22.2. The van der Waals surface area contributed by atoms with Gasteiger partial charge in [-0.3, -0.25) is 4.79 Å². The molecule has 0 spiro atoms. The third-order valence-corrected chi connectivity index (χ3v) is 2.86. The molecule has 0 radical (unpaired) electrons. The van der Waals surface area contributed by atoms with Crippen molar-refractivity contribution in [3.05, 3.63) is 29.8 Å². The number of carboxylic acids is 1. The van der Waals surface area contributed by atoms with Gasteiger partial charge in [0, 0.05) is 18.7 Å². The standard InChI is InChI=1S/C14H17N3O3/c1-2-10(7-13(18)19)9-16-14(20)17-12-5-3-11(8-15)4-6-12/h3-6,10H,2,7,9H2,1H3,(H,18,19)(H2,16,17,20). The largest absolute Gasteiger partial charge is 0.481 e. The van der Waals surface area contributed by atoms with Crippen molar-refractivity contribution in [2.45, 2.75) is 19.8 Å². The van der Waals surface area contributed by atoms with Crippen LogP contribution < -0.4 is 10.6 Å². The summed E-state index contributed by atoms with van der Waals surface area (Å²) < 4.78 is 0. The lowest BCUT2D eigenvalue weighted by molar-refractivity contribution is -0.138. The molecular weight excluding hydrogens is 258 g/mol. The first-order valence-electron chi connectivity index (χ1n) is 6.32. The molecule has 0 aliphatic carbocycles. The molecule has 6 nitrogen and oxygen atoms in total. The zero-order chi connectivity index (χ0) is 15.0. The first-order valence-corrected chi connectivity index (χ1v) is 6.32. The number of aliphatic carboxylic acids is 1. The number of benzene rings is 1. The highest BCUT2D eigenvalue weighted by molar-refractivity contribution is 5.89. The Bertz CT molecular complexity index is 505. The van der Waals surface area contributed by atoms with Gasteiger partial charge in [0.05, 0.1) is 11.6 Å². The number of carbonyl (C=O) groups excluding carboxylic acids is 1. The quantitative estimate of drug-likeness (QED) is 0.740. The molecule has 0 bridgehead atoms. The molecule has 0 saturated carbocycles. The third-order valence-electron chi connectivity index (χ3n) is 2.86. The molecule has 6 heteroatoms. The highest BCUT2D eigenvalue weighted by Crippen LogP contribution is 2.09. The molecule has 106 valence electrons. The number of anilines is 1. The minimum atomic E-state index is -0.869. The third kappa shape index (κ3) is 5.40. The topological polar surface area (TPSA) is 102 Å². The van der Waals surface area contributed by atoms with Gasteiger partial charge in [0.25, 0.3) is 0 Å². The summed E-state index contributed by atoms with van der Waals surface area (Å²) in [6.45, 7) is 2.19. The van der Waals surface area contributed by atoms with E-state index in [2.05, 4.69) is 10.6 Å². The molecule has 20 heavy (non-hydrogen) atoms. The van der Waals surface area contributed by atoms with Crippen LogP contribution in [0.5, 0.6) is 0 Å². The average Bonchev–Trinajstić information content (AvgIpc) is 2.44. The van der Waals surface area contributed by atoms with Gasteiger partial charge in [0.15, 0.2) is 0 Å². The maximum Gasteiger partial charge on any atom is 0.319 e. The molecule has 0 aliphatic rings. The lowest BCUT2D eigenvalue weighted by Crippen LogP contribution is -2.33. The molecule has 2 amide bonds. The molecular formula is C14H17N3O3. The number of urea groups is 1. The fraction of sp³-hybridized carbons (Fsp3) is 0.357. The summed E-state index contributed by atoms with van der Waals surface area (Å²) in [6.07, 6.45) is 0.719. The van der Waals surface area contributed by atoms with Crippen molar-refractivity contribution >= 4 is 17.7 Å². The van der Waals surface area contributed by atoms with Gasteiger partial charge >= 0.3 is 12.0 Å². The Morgan fingerprint density at radius 3 is 2.50 bits per heavy atom. The highest BCUT2D eigenvalue weighted by Gasteiger charge is 2.12. The highest BCUT2D eigenvalue weighted by atomic mass is 16.4. The lowest BCUT2D eigenvalue weighted by atomic mass is 10.0. The summed E-state index contributed by atoms with van der Waals surface area (Å²) in [7, 11) is 0. The van der Waals surface area contributed by atoms with Crippen molar-refractivity contribution in [2.75, 3.05) is 11.9 Å². The Balaban J connectivity index is 2.42. The maximum absolute atomic E-state index is 11.6. The number of nitrogens with one attached hydrogen (secondary N) is 2. The molecule has 0 saturated heterocycles. The second-order valence-electron chi connectivity index (χ2n) is 4.40. The van der Waals surface area contributed by atoms with E-state index in [9.17, 15) is 9.59 Å². The second-order valence-corrected chi connectivity index (χ2v) is 4.40. The van der Waals surface area contributed by atoms with E-state index in [1.165, 1.54) is 0 Å². The van der Waals surface area contributed by atoms with E-state index in [1.807, 2.05) is 13.0 Å². The van der Waals surface area contributed by atoms with E-state index >= 15 is 0 Å². The molecule has 0 aromatic heterocycles. The van der Waals surface area contributed by atoms with Gasteiger partial charge in [0.1, 0.15) is 0 Å². The number of carbonyl (C=O) groups is 2. The van der Waals surface area contributed by atoms with Crippen LogP contribution in [-0.2, 0) is 4.79 Å². The van der Waals surface area contributed by atoms with Crippen LogP contribution in [0.3, 0.4) is 0 Å². The first-order chi connectivity index (χ1) is 9.55. The zero-order valence-electron chi connectivity index (χ0n) is 11.2. The number of rotatable bonds is 6. The Kier molecular flexibility index (Phi) is 6.04. The van der Waals surface area contributed by atoms with E-state index in [-0.39, 0.29) is 12.3 Å². The van der Waals surface area contributed by atoms with E-state index in [4.69, 9.17) is 10.4 Å². The maximum atomic E-state index is 11.6. The monoisotopic (exact) mass is 275 g/mol. The van der Waals surface area contributed by atoms with Gasteiger partial charge in [-0.15, -0.1) is 0 Å². The Hall–Kier alpha value is -2.55.